The number of amidine groups is 1. The number of allylic oxidation sites excluding steroid dienone is 2. The summed E-state index contributed by atoms with van der Waals surface area (Å²) in [6.07, 6.45) is 5.62. The summed E-state index contributed by atoms with van der Waals surface area (Å²) in [5.74, 6) is -3.37. The molecule has 9 nitrogen and oxygen atoms in total. The van der Waals surface area contributed by atoms with E-state index in [0.717, 1.165) is 0 Å². The summed E-state index contributed by atoms with van der Waals surface area (Å²) in [4.78, 5) is 51.7. The Bertz CT molecular complexity index is 681. The first-order valence-corrected chi connectivity index (χ1v) is 7.25. The zero-order chi connectivity index (χ0) is 17.9. The quantitative estimate of drug-likeness (QED) is 0.616. The van der Waals surface area contributed by atoms with Crippen LogP contribution in [0.15, 0.2) is 29.4 Å². The number of carboxylic acid groups (broad SMARTS) is 2. The number of carbonyl (C=O) groups excluding carboxylic acids is 2. The second-order valence-corrected chi connectivity index (χ2v) is 5.68. The number of carboxylic acids is 2. The molecular formula is C15H17N3O6. The van der Waals surface area contributed by atoms with Crippen molar-refractivity contribution in [1.82, 2.24) is 10.2 Å². The van der Waals surface area contributed by atoms with E-state index >= 15 is 0 Å². The van der Waals surface area contributed by atoms with Gasteiger partial charge in [-0.05, 0) is 25.5 Å². The topological polar surface area (TPSA) is 136 Å². The maximum Gasteiger partial charge on any atom is 0.326 e. The molecule has 0 bridgehead atoms. The van der Waals surface area contributed by atoms with Crippen molar-refractivity contribution >= 4 is 29.6 Å². The zero-order valence-corrected chi connectivity index (χ0v) is 12.9. The molecule has 0 aromatic heterocycles. The van der Waals surface area contributed by atoms with E-state index in [1.165, 1.54) is 11.8 Å². The highest BCUT2D eigenvalue weighted by Gasteiger charge is 2.46. The van der Waals surface area contributed by atoms with Crippen LogP contribution < -0.4 is 5.32 Å². The molecule has 3 N–H and O–H groups in total. The molecule has 24 heavy (non-hydrogen) atoms. The van der Waals surface area contributed by atoms with Gasteiger partial charge in [0.15, 0.2) is 0 Å². The first-order valence-electron chi connectivity index (χ1n) is 7.25. The van der Waals surface area contributed by atoms with E-state index in [4.69, 9.17) is 10.2 Å². The Kier molecular flexibility index (Phi) is 4.82. The normalized spacial score (nSPS) is 23.3. The van der Waals surface area contributed by atoms with Gasteiger partial charge in [0.1, 0.15) is 17.4 Å². The SMILES string of the molecule is CC1(C(=O)NC(CCC(=O)O)C(=O)O)CC(=O)N=C2C=CC=CN21. The van der Waals surface area contributed by atoms with Crippen molar-refractivity contribution in [2.45, 2.75) is 37.8 Å². The number of fused-ring (bicyclic) bond motifs is 1. The summed E-state index contributed by atoms with van der Waals surface area (Å²) in [6.45, 7) is 1.51. The van der Waals surface area contributed by atoms with Crippen molar-refractivity contribution in [3.63, 3.8) is 0 Å². The van der Waals surface area contributed by atoms with Gasteiger partial charge < -0.3 is 20.4 Å². The highest BCUT2D eigenvalue weighted by atomic mass is 16.4. The summed E-state index contributed by atoms with van der Waals surface area (Å²) < 4.78 is 0. The van der Waals surface area contributed by atoms with Crippen LogP contribution in [0.3, 0.4) is 0 Å². The van der Waals surface area contributed by atoms with Crippen molar-refractivity contribution in [3.8, 4) is 0 Å². The standard InChI is InChI=1S/C15H17N3O6/c1-15(8-11(19)17-10-4-2-3-7-18(10)15)14(24)16-9(13(22)23)5-6-12(20)21/h2-4,7,9H,5-6,8H2,1H3,(H,16,24)(H,20,21)(H,22,23). The molecular weight excluding hydrogens is 318 g/mol. The van der Waals surface area contributed by atoms with Crippen LogP contribution >= 0.6 is 0 Å². The predicted molar refractivity (Wildman–Crippen MR) is 82.0 cm³/mol. The smallest absolute Gasteiger partial charge is 0.326 e. The number of aliphatic imine (C=N–C) groups is 1. The van der Waals surface area contributed by atoms with E-state index in [1.807, 2.05) is 0 Å². The van der Waals surface area contributed by atoms with E-state index in [9.17, 15) is 19.2 Å². The molecule has 0 radical (unpaired) electrons. The number of nitrogens with one attached hydrogen (secondary N) is 1. The Morgan fingerprint density at radius 1 is 1.38 bits per heavy atom. The molecule has 0 saturated heterocycles. The van der Waals surface area contributed by atoms with Gasteiger partial charge in [-0.3, -0.25) is 14.4 Å². The first kappa shape index (κ1) is 17.4. The summed E-state index contributed by atoms with van der Waals surface area (Å²) in [7, 11) is 0. The van der Waals surface area contributed by atoms with E-state index in [0.29, 0.717) is 5.84 Å². The fourth-order valence-electron chi connectivity index (χ4n) is 2.52. The van der Waals surface area contributed by atoms with Crippen molar-refractivity contribution in [2.75, 3.05) is 0 Å². The Hall–Kier alpha value is -2.97. The number of hydrogen-bond donors (Lipinski definition) is 3. The van der Waals surface area contributed by atoms with Crippen LogP contribution in [0.1, 0.15) is 26.2 Å². The third kappa shape index (κ3) is 3.50. The fourth-order valence-corrected chi connectivity index (χ4v) is 2.52. The van der Waals surface area contributed by atoms with Gasteiger partial charge in [0.25, 0.3) is 5.91 Å². The van der Waals surface area contributed by atoms with Gasteiger partial charge in [-0.2, -0.15) is 4.99 Å². The van der Waals surface area contributed by atoms with E-state index in [-0.39, 0.29) is 12.8 Å². The molecule has 128 valence electrons. The van der Waals surface area contributed by atoms with Gasteiger partial charge in [-0.25, -0.2) is 4.79 Å². The minimum Gasteiger partial charge on any atom is -0.481 e. The average molecular weight is 335 g/mol. The molecule has 2 heterocycles. The molecule has 0 aromatic rings. The number of rotatable bonds is 6. The van der Waals surface area contributed by atoms with Gasteiger partial charge in [-0.1, -0.05) is 6.08 Å². The van der Waals surface area contributed by atoms with Gasteiger partial charge in [0.05, 0.1) is 6.42 Å². The lowest BCUT2D eigenvalue weighted by molar-refractivity contribution is -0.145. The van der Waals surface area contributed by atoms with Crippen molar-refractivity contribution in [1.29, 1.82) is 0 Å². The second-order valence-electron chi connectivity index (χ2n) is 5.68. The minimum absolute atomic E-state index is 0.216. The van der Waals surface area contributed by atoms with Crippen molar-refractivity contribution < 1.29 is 29.4 Å². The molecule has 2 amide bonds. The highest BCUT2D eigenvalue weighted by Crippen LogP contribution is 2.28. The lowest BCUT2D eigenvalue weighted by Crippen LogP contribution is -2.62. The monoisotopic (exact) mass is 335 g/mol. The summed E-state index contributed by atoms with van der Waals surface area (Å²) in [6, 6.07) is -1.35. The highest BCUT2D eigenvalue weighted by molar-refractivity contribution is 6.09. The molecule has 2 aliphatic rings. The van der Waals surface area contributed by atoms with Crippen LogP contribution in [-0.2, 0) is 19.2 Å². The summed E-state index contributed by atoms with van der Waals surface area (Å²) >= 11 is 0. The van der Waals surface area contributed by atoms with Gasteiger partial charge in [0, 0.05) is 12.6 Å². The van der Waals surface area contributed by atoms with Crippen LogP contribution in [0.25, 0.3) is 0 Å². The fraction of sp³-hybridized carbons (Fsp3) is 0.400. The molecule has 0 fully saturated rings. The van der Waals surface area contributed by atoms with E-state index < -0.39 is 41.8 Å². The maximum atomic E-state index is 12.7. The number of nitrogens with zero attached hydrogens (tertiary/aromatic N) is 2. The Balaban J connectivity index is 2.20. The molecule has 2 atom stereocenters. The second kappa shape index (κ2) is 6.65. The Labute approximate surface area is 137 Å². The van der Waals surface area contributed by atoms with Crippen LogP contribution in [0.5, 0.6) is 0 Å². The van der Waals surface area contributed by atoms with Crippen LogP contribution in [-0.4, -0.2) is 56.3 Å². The minimum atomic E-state index is -1.35. The molecule has 2 unspecified atom stereocenters. The third-order valence-electron chi connectivity index (χ3n) is 3.84. The molecule has 0 aliphatic carbocycles. The zero-order valence-electron chi connectivity index (χ0n) is 12.9. The van der Waals surface area contributed by atoms with Gasteiger partial charge in [0.2, 0.25) is 5.91 Å². The van der Waals surface area contributed by atoms with Gasteiger partial charge in [-0.15, -0.1) is 0 Å². The maximum absolute atomic E-state index is 12.7. The summed E-state index contributed by atoms with van der Waals surface area (Å²) in [5.41, 5.74) is -1.34. The first-order chi connectivity index (χ1) is 11.2. The molecule has 0 aromatic carbocycles. The number of aliphatic carboxylic acids is 2. The molecule has 9 heteroatoms. The largest absolute Gasteiger partial charge is 0.481 e. The van der Waals surface area contributed by atoms with E-state index in [1.54, 1.807) is 24.4 Å². The van der Waals surface area contributed by atoms with Crippen LogP contribution in [0.4, 0.5) is 0 Å². The predicted octanol–water partition coefficient (Wildman–Crippen LogP) is -0.106. The molecule has 0 saturated carbocycles. The Morgan fingerprint density at radius 2 is 2.08 bits per heavy atom. The van der Waals surface area contributed by atoms with Crippen LogP contribution in [0, 0.1) is 0 Å². The van der Waals surface area contributed by atoms with Crippen molar-refractivity contribution in [2.24, 2.45) is 4.99 Å². The Morgan fingerprint density at radius 3 is 2.71 bits per heavy atom. The van der Waals surface area contributed by atoms with E-state index in [2.05, 4.69) is 10.3 Å². The lowest BCUT2D eigenvalue weighted by Gasteiger charge is -2.42. The van der Waals surface area contributed by atoms with Crippen molar-refractivity contribution in [3.05, 3.63) is 24.4 Å². The molecule has 2 aliphatic heterocycles. The average Bonchev–Trinajstić information content (AvgIpc) is 2.50. The molecule has 0 spiro atoms. The number of carbonyl (C=O) groups is 4. The van der Waals surface area contributed by atoms with Gasteiger partial charge >= 0.3 is 11.9 Å². The third-order valence-corrected chi connectivity index (χ3v) is 3.84. The summed E-state index contributed by atoms with van der Waals surface area (Å²) in [5, 5.41) is 20.2. The van der Waals surface area contributed by atoms with Crippen LogP contribution in [0.2, 0.25) is 0 Å². The molecule has 2 rings (SSSR count). The lowest BCUT2D eigenvalue weighted by atomic mass is 9.90. The number of amides is 2. The number of hydrogen-bond acceptors (Lipinski definition) is 5.